The van der Waals surface area contributed by atoms with Crippen LogP contribution in [0.15, 0.2) is 0 Å². The van der Waals surface area contributed by atoms with E-state index in [4.69, 9.17) is 5.73 Å². The Labute approximate surface area is 102 Å². The molecule has 0 aliphatic carbocycles. The van der Waals surface area contributed by atoms with Crippen LogP contribution in [0.5, 0.6) is 0 Å². The van der Waals surface area contributed by atoms with Gasteiger partial charge in [-0.15, -0.1) is 0 Å². The summed E-state index contributed by atoms with van der Waals surface area (Å²) in [7, 11) is 3.45. The van der Waals surface area contributed by atoms with Gasteiger partial charge in [0.1, 0.15) is 5.82 Å². The summed E-state index contributed by atoms with van der Waals surface area (Å²) >= 11 is 0. The molecule has 6 heteroatoms. The van der Waals surface area contributed by atoms with Crippen LogP contribution in [0.2, 0.25) is 0 Å². The number of carbonyl (C=O) groups is 1. The summed E-state index contributed by atoms with van der Waals surface area (Å²) in [4.78, 5) is 11.6. The molecule has 0 bridgehead atoms. The summed E-state index contributed by atoms with van der Waals surface area (Å²) in [5.74, 6) is 0.738. The van der Waals surface area contributed by atoms with Crippen LogP contribution in [0, 0.1) is 12.3 Å². The average molecular weight is 239 g/mol. The first-order valence-corrected chi connectivity index (χ1v) is 5.54. The number of carbonyl (C=O) groups excluding carboxylic acids is 1. The number of aromatic nitrogens is 2. The van der Waals surface area contributed by atoms with Crippen LogP contribution in [0.3, 0.4) is 0 Å². The molecule has 0 unspecified atom stereocenters. The molecule has 17 heavy (non-hydrogen) atoms. The summed E-state index contributed by atoms with van der Waals surface area (Å²) in [6, 6.07) is 0. The van der Waals surface area contributed by atoms with Gasteiger partial charge in [-0.1, -0.05) is 0 Å². The zero-order chi connectivity index (χ0) is 13.2. The van der Waals surface area contributed by atoms with Gasteiger partial charge in [0.2, 0.25) is 5.91 Å². The number of aryl methyl sites for hydroxylation is 2. The third-order valence-corrected chi connectivity index (χ3v) is 2.81. The SMILES string of the molecule is CNC(=O)C(C)(C)CNc1c(N)c(C)nn1C. The van der Waals surface area contributed by atoms with Crippen molar-refractivity contribution in [1.29, 1.82) is 0 Å². The highest BCUT2D eigenvalue weighted by atomic mass is 16.2. The second kappa shape index (κ2) is 4.65. The van der Waals surface area contributed by atoms with E-state index in [9.17, 15) is 4.79 Å². The lowest BCUT2D eigenvalue weighted by Crippen LogP contribution is -2.39. The molecule has 0 radical (unpaired) electrons. The summed E-state index contributed by atoms with van der Waals surface area (Å²) in [5, 5.41) is 10.0. The molecule has 6 nitrogen and oxygen atoms in total. The quantitative estimate of drug-likeness (QED) is 0.714. The smallest absolute Gasteiger partial charge is 0.227 e. The van der Waals surface area contributed by atoms with Crippen molar-refractivity contribution >= 4 is 17.4 Å². The Morgan fingerprint density at radius 2 is 2.12 bits per heavy atom. The van der Waals surface area contributed by atoms with Crippen LogP contribution in [-0.2, 0) is 11.8 Å². The minimum absolute atomic E-state index is 0.0116. The minimum atomic E-state index is -0.501. The topological polar surface area (TPSA) is 85.0 Å². The fraction of sp³-hybridized carbons (Fsp3) is 0.636. The van der Waals surface area contributed by atoms with Gasteiger partial charge in [0, 0.05) is 20.6 Å². The van der Waals surface area contributed by atoms with Crippen LogP contribution in [0.4, 0.5) is 11.5 Å². The third kappa shape index (κ3) is 2.69. The van der Waals surface area contributed by atoms with Crippen molar-refractivity contribution in [1.82, 2.24) is 15.1 Å². The summed E-state index contributed by atoms with van der Waals surface area (Å²) in [6.07, 6.45) is 0. The van der Waals surface area contributed by atoms with Gasteiger partial charge in [0.05, 0.1) is 16.8 Å². The first-order valence-electron chi connectivity index (χ1n) is 5.54. The van der Waals surface area contributed by atoms with E-state index in [0.717, 1.165) is 11.5 Å². The Balaban J connectivity index is 2.77. The van der Waals surface area contributed by atoms with E-state index in [1.54, 1.807) is 11.7 Å². The fourth-order valence-electron chi connectivity index (χ4n) is 1.61. The number of anilines is 2. The Bertz CT molecular complexity index is 422. The first-order chi connectivity index (χ1) is 7.79. The predicted octanol–water partition coefficient (Wildman–Crippen LogP) is 0.495. The van der Waals surface area contributed by atoms with Crippen LogP contribution < -0.4 is 16.4 Å². The summed E-state index contributed by atoms with van der Waals surface area (Å²) in [5.41, 5.74) is 6.80. The molecule has 0 aromatic carbocycles. The molecule has 1 rings (SSSR count). The van der Waals surface area contributed by atoms with Crippen molar-refractivity contribution in [3.8, 4) is 0 Å². The lowest BCUT2D eigenvalue weighted by Gasteiger charge is -2.23. The first kappa shape index (κ1) is 13.3. The Morgan fingerprint density at radius 1 is 1.53 bits per heavy atom. The van der Waals surface area contributed by atoms with Crippen LogP contribution in [0.1, 0.15) is 19.5 Å². The molecular weight excluding hydrogens is 218 g/mol. The van der Waals surface area contributed by atoms with Gasteiger partial charge < -0.3 is 16.4 Å². The number of hydrogen-bond donors (Lipinski definition) is 3. The van der Waals surface area contributed by atoms with Crippen molar-refractivity contribution in [2.45, 2.75) is 20.8 Å². The number of nitrogen functional groups attached to an aromatic ring is 1. The van der Waals surface area contributed by atoms with E-state index < -0.39 is 5.41 Å². The van der Waals surface area contributed by atoms with E-state index in [0.29, 0.717) is 12.2 Å². The third-order valence-electron chi connectivity index (χ3n) is 2.81. The zero-order valence-corrected chi connectivity index (χ0v) is 11.1. The molecular formula is C11H21N5O. The lowest BCUT2D eigenvalue weighted by atomic mass is 9.92. The average Bonchev–Trinajstić information content (AvgIpc) is 2.50. The van der Waals surface area contributed by atoms with E-state index in [1.807, 2.05) is 27.8 Å². The van der Waals surface area contributed by atoms with Crippen molar-refractivity contribution < 1.29 is 4.79 Å². The maximum Gasteiger partial charge on any atom is 0.227 e. The van der Waals surface area contributed by atoms with Gasteiger partial charge in [-0.2, -0.15) is 5.10 Å². The minimum Gasteiger partial charge on any atom is -0.394 e. The monoisotopic (exact) mass is 239 g/mol. The number of hydrogen-bond acceptors (Lipinski definition) is 4. The standard InChI is InChI=1S/C11H21N5O/c1-7-8(12)9(16(5)15-7)14-6-11(2,3)10(17)13-4/h14H,6,12H2,1-5H3,(H,13,17). The van der Waals surface area contributed by atoms with Gasteiger partial charge in [-0.25, -0.2) is 0 Å². The highest BCUT2D eigenvalue weighted by Gasteiger charge is 2.27. The van der Waals surface area contributed by atoms with Gasteiger partial charge >= 0.3 is 0 Å². The van der Waals surface area contributed by atoms with Crippen LogP contribution >= 0.6 is 0 Å². The number of amides is 1. The maximum absolute atomic E-state index is 11.6. The van der Waals surface area contributed by atoms with Crippen molar-refractivity contribution in [2.75, 3.05) is 24.6 Å². The van der Waals surface area contributed by atoms with E-state index in [1.165, 1.54) is 0 Å². The number of nitrogens with zero attached hydrogens (tertiary/aromatic N) is 2. The maximum atomic E-state index is 11.6. The highest BCUT2D eigenvalue weighted by molar-refractivity contribution is 5.82. The Morgan fingerprint density at radius 3 is 2.53 bits per heavy atom. The van der Waals surface area contributed by atoms with Gasteiger partial charge in [0.15, 0.2) is 0 Å². The molecule has 0 atom stereocenters. The molecule has 0 saturated carbocycles. The van der Waals surface area contributed by atoms with E-state index >= 15 is 0 Å². The molecule has 0 aliphatic rings. The fourth-order valence-corrected chi connectivity index (χ4v) is 1.61. The largest absolute Gasteiger partial charge is 0.394 e. The van der Waals surface area contributed by atoms with Crippen molar-refractivity contribution in [3.05, 3.63) is 5.69 Å². The van der Waals surface area contributed by atoms with E-state index in [-0.39, 0.29) is 5.91 Å². The molecule has 0 spiro atoms. The molecule has 4 N–H and O–H groups in total. The van der Waals surface area contributed by atoms with E-state index in [2.05, 4.69) is 15.7 Å². The lowest BCUT2D eigenvalue weighted by molar-refractivity contribution is -0.128. The normalized spacial score (nSPS) is 11.4. The Kier molecular flexibility index (Phi) is 3.65. The van der Waals surface area contributed by atoms with Crippen molar-refractivity contribution in [3.63, 3.8) is 0 Å². The van der Waals surface area contributed by atoms with Gasteiger partial charge in [-0.05, 0) is 20.8 Å². The van der Waals surface area contributed by atoms with Crippen LogP contribution in [-0.4, -0.2) is 29.3 Å². The zero-order valence-electron chi connectivity index (χ0n) is 11.1. The molecule has 1 amide bonds. The van der Waals surface area contributed by atoms with Gasteiger partial charge in [0.25, 0.3) is 0 Å². The van der Waals surface area contributed by atoms with Crippen LogP contribution in [0.25, 0.3) is 0 Å². The second-order valence-electron chi connectivity index (χ2n) is 4.79. The predicted molar refractivity (Wildman–Crippen MR) is 68.7 cm³/mol. The summed E-state index contributed by atoms with van der Waals surface area (Å²) in [6.45, 7) is 6.09. The summed E-state index contributed by atoms with van der Waals surface area (Å²) < 4.78 is 1.69. The molecule has 1 aromatic rings. The second-order valence-corrected chi connectivity index (χ2v) is 4.79. The van der Waals surface area contributed by atoms with Crippen molar-refractivity contribution in [2.24, 2.45) is 12.5 Å². The highest BCUT2D eigenvalue weighted by Crippen LogP contribution is 2.23. The molecule has 1 heterocycles. The molecule has 96 valence electrons. The molecule has 0 fully saturated rings. The van der Waals surface area contributed by atoms with Gasteiger partial charge in [-0.3, -0.25) is 9.48 Å². The number of rotatable bonds is 4. The molecule has 1 aromatic heterocycles. The molecule has 0 saturated heterocycles. The molecule has 0 aliphatic heterocycles. The number of nitrogens with one attached hydrogen (secondary N) is 2. The Hall–Kier alpha value is -1.72. The number of nitrogens with two attached hydrogens (primary N) is 1.